The first-order valence-electron chi connectivity index (χ1n) is 7.14. The van der Waals surface area contributed by atoms with Crippen molar-refractivity contribution in [3.05, 3.63) is 35.4 Å². The summed E-state index contributed by atoms with van der Waals surface area (Å²) >= 11 is 0. The van der Waals surface area contributed by atoms with Crippen LogP contribution in [-0.2, 0) is 20.6 Å². The lowest BCUT2D eigenvalue weighted by atomic mass is 10.1. The second-order valence-corrected chi connectivity index (χ2v) is 9.24. The topological polar surface area (TPSA) is 63.2 Å². The molecule has 0 radical (unpaired) electrons. The summed E-state index contributed by atoms with van der Waals surface area (Å²) in [6.07, 6.45) is 2.18. The van der Waals surface area contributed by atoms with Crippen LogP contribution < -0.4 is 5.32 Å². The maximum absolute atomic E-state index is 12.1. The molecule has 2 unspecified atom stereocenters. The van der Waals surface area contributed by atoms with Crippen molar-refractivity contribution in [2.45, 2.75) is 26.3 Å². The fourth-order valence-electron chi connectivity index (χ4n) is 1.90. The van der Waals surface area contributed by atoms with Crippen molar-refractivity contribution in [3.8, 4) is 0 Å². The molecule has 1 aromatic rings. The standard InChI is InChI=1S/C15H25NO3S2/c1-4-9-16-15(14-7-5-13(2)6-8-14)12-20(17)10-11-21(3,18)19/h5-8,15-16H,4,9-12H2,1-3H3. The van der Waals surface area contributed by atoms with Crippen molar-refractivity contribution in [3.63, 3.8) is 0 Å². The van der Waals surface area contributed by atoms with Crippen LogP contribution in [0.2, 0.25) is 0 Å². The van der Waals surface area contributed by atoms with Crippen molar-refractivity contribution in [2.75, 3.05) is 30.1 Å². The summed E-state index contributed by atoms with van der Waals surface area (Å²) in [6, 6.07) is 8.16. The Morgan fingerprint density at radius 1 is 1.24 bits per heavy atom. The van der Waals surface area contributed by atoms with Gasteiger partial charge in [0.15, 0.2) is 0 Å². The third-order valence-corrected chi connectivity index (χ3v) is 5.72. The minimum absolute atomic E-state index is 0.00550. The third kappa shape index (κ3) is 7.74. The smallest absolute Gasteiger partial charge is 0.148 e. The molecule has 1 N–H and O–H groups in total. The van der Waals surface area contributed by atoms with Gasteiger partial charge in [-0.25, -0.2) is 8.42 Å². The molecule has 2 atom stereocenters. The predicted octanol–water partition coefficient (Wildman–Crippen LogP) is 1.83. The molecule has 0 aliphatic heterocycles. The van der Waals surface area contributed by atoms with Crippen LogP contribution in [0.1, 0.15) is 30.5 Å². The van der Waals surface area contributed by atoms with Crippen molar-refractivity contribution in [2.24, 2.45) is 0 Å². The molecule has 21 heavy (non-hydrogen) atoms. The molecular weight excluding hydrogens is 306 g/mol. The number of aryl methyl sites for hydroxylation is 1. The highest BCUT2D eigenvalue weighted by Crippen LogP contribution is 2.15. The van der Waals surface area contributed by atoms with Crippen LogP contribution in [0.3, 0.4) is 0 Å². The minimum atomic E-state index is -3.06. The second kappa shape index (κ2) is 8.66. The Hall–Kier alpha value is -0.720. The molecule has 0 saturated heterocycles. The highest BCUT2D eigenvalue weighted by Gasteiger charge is 2.15. The van der Waals surface area contributed by atoms with Crippen LogP contribution in [0.15, 0.2) is 24.3 Å². The van der Waals surface area contributed by atoms with E-state index in [1.165, 1.54) is 11.8 Å². The van der Waals surface area contributed by atoms with E-state index in [4.69, 9.17) is 0 Å². The van der Waals surface area contributed by atoms with Crippen LogP contribution in [0.4, 0.5) is 0 Å². The molecular formula is C15H25NO3S2. The highest BCUT2D eigenvalue weighted by atomic mass is 32.2. The van der Waals surface area contributed by atoms with Crippen molar-refractivity contribution >= 4 is 20.6 Å². The molecule has 0 saturated carbocycles. The molecule has 0 amide bonds. The van der Waals surface area contributed by atoms with E-state index >= 15 is 0 Å². The van der Waals surface area contributed by atoms with E-state index in [-0.39, 0.29) is 17.5 Å². The van der Waals surface area contributed by atoms with Gasteiger partial charge in [0, 0.05) is 34.6 Å². The Bertz CT molecular complexity index is 553. The average Bonchev–Trinajstić information content (AvgIpc) is 2.41. The van der Waals surface area contributed by atoms with Gasteiger partial charge in [0.05, 0.1) is 5.75 Å². The minimum Gasteiger partial charge on any atom is -0.309 e. The lowest BCUT2D eigenvalue weighted by molar-refractivity contribution is 0.569. The van der Waals surface area contributed by atoms with E-state index in [0.717, 1.165) is 18.5 Å². The summed E-state index contributed by atoms with van der Waals surface area (Å²) in [5.74, 6) is 0.627. The van der Waals surface area contributed by atoms with Crippen LogP contribution in [0.25, 0.3) is 0 Å². The predicted molar refractivity (Wildman–Crippen MR) is 89.8 cm³/mol. The molecule has 0 aliphatic rings. The van der Waals surface area contributed by atoms with Gasteiger partial charge in [0.1, 0.15) is 9.84 Å². The fourth-order valence-corrected chi connectivity index (χ4v) is 4.71. The Labute approximate surface area is 130 Å². The zero-order valence-corrected chi connectivity index (χ0v) is 14.6. The van der Waals surface area contributed by atoms with Crippen molar-refractivity contribution in [1.29, 1.82) is 0 Å². The molecule has 120 valence electrons. The average molecular weight is 332 g/mol. The summed E-state index contributed by atoms with van der Waals surface area (Å²) in [4.78, 5) is 0. The molecule has 1 aromatic carbocycles. The summed E-state index contributed by atoms with van der Waals surface area (Å²) in [5, 5.41) is 3.39. The van der Waals surface area contributed by atoms with Gasteiger partial charge >= 0.3 is 0 Å². The summed E-state index contributed by atoms with van der Waals surface area (Å²) < 4.78 is 34.4. The highest BCUT2D eigenvalue weighted by molar-refractivity contribution is 7.92. The maximum atomic E-state index is 12.1. The number of hydrogen-bond acceptors (Lipinski definition) is 4. The van der Waals surface area contributed by atoms with Crippen LogP contribution in [-0.4, -0.2) is 42.7 Å². The molecule has 4 nitrogen and oxygen atoms in total. The lowest BCUT2D eigenvalue weighted by Crippen LogP contribution is -2.28. The first-order valence-corrected chi connectivity index (χ1v) is 10.7. The molecule has 0 bridgehead atoms. The SMILES string of the molecule is CCCNC(CS(=O)CCS(C)(=O)=O)c1ccc(C)cc1. The van der Waals surface area contributed by atoms with Crippen LogP contribution >= 0.6 is 0 Å². The summed E-state index contributed by atoms with van der Waals surface area (Å²) in [5.41, 5.74) is 2.29. The van der Waals surface area contributed by atoms with Crippen LogP contribution in [0.5, 0.6) is 0 Å². The fraction of sp³-hybridized carbons (Fsp3) is 0.600. The van der Waals surface area contributed by atoms with E-state index in [2.05, 4.69) is 12.2 Å². The summed E-state index contributed by atoms with van der Waals surface area (Å²) in [7, 11) is -4.20. The third-order valence-electron chi connectivity index (χ3n) is 3.15. The van der Waals surface area contributed by atoms with E-state index in [9.17, 15) is 12.6 Å². The molecule has 1 rings (SSSR count). The number of nitrogens with one attached hydrogen (secondary N) is 1. The Morgan fingerprint density at radius 2 is 1.86 bits per heavy atom. The zero-order chi connectivity index (χ0) is 15.9. The van der Waals surface area contributed by atoms with Gasteiger partial charge in [-0.05, 0) is 25.5 Å². The quantitative estimate of drug-likeness (QED) is 0.750. The summed E-state index contributed by atoms with van der Waals surface area (Å²) in [6.45, 7) is 4.96. The van der Waals surface area contributed by atoms with Gasteiger partial charge in [-0.3, -0.25) is 4.21 Å². The van der Waals surface area contributed by atoms with Crippen molar-refractivity contribution in [1.82, 2.24) is 5.32 Å². The molecule has 0 spiro atoms. The normalized spacial score (nSPS) is 14.8. The lowest BCUT2D eigenvalue weighted by Gasteiger charge is -2.19. The number of rotatable bonds is 9. The Balaban J connectivity index is 2.69. The van der Waals surface area contributed by atoms with Gasteiger partial charge in [-0.2, -0.15) is 0 Å². The largest absolute Gasteiger partial charge is 0.309 e. The monoisotopic (exact) mass is 331 g/mol. The van der Waals surface area contributed by atoms with E-state index in [0.29, 0.717) is 5.75 Å². The van der Waals surface area contributed by atoms with Gasteiger partial charge in [-0.15, -0.1) is 0 Å². The molecule has 0 aliphatic carbocycles. The Morgan fingerprint density at radius 3 is 2.38 bits per heavy atom. The Kier molecular flexibility index (Phi) is 7.56. The van der Waals surface area contributed by atoms with Gasteiger partial charge in [0.25, 0.3) is 0 Å². The molecule has 0 fully saturated rings. The van der Waals surface area contributed by atoms with Gasteiger partial charge in [0.2, 0.25) is 0 Å². The van der Waals surface area contributed by atoms with E-state index in [1.54, 1.807) is 0 Å². The van der Waals surface area contributed by atoms with Gasteiger partial charge in [-0.1, -0.05) is 36.8 Å². The molecule has 6 heteroatoms. The second-order valence-electron chi connectivity index (χ2n) is 5.36. The first-order chi connectivity index (χ1) is 9.81. The molecule has 0 heterocycles. The van der Waals surface area contributed by atoms with E-state index in [1.807, 2.05) is 31.2 Å². The maximum Gasteiger partial charge on any atom is 0.148 e. The number of hydrogen-bond donors (Lipinski definition) is 1. The molecule has 0 aromatic heterocycles. The van der Waals surface area contributed by atoms with Crippen LogP contribution in [0, 0.1) is 6.92 Å². The number of sulfone groups is 1. The number of benzene rings is 1. The van der Waals surface area contributed by atoms with Crippen molar-refractivity contribution < 1.29 is 12.6 Å². The van der Waals surface area contributed by atoms with E-state index < -0.39 is 20.6 Å². The first kappa shape index (κ1) is 18.3. The zero-order valence-electron chi connectivity index (χ0n) is 13.0. The van der Waals surface area contributed by atoms with Gasteiger partial charge < -0.3 is 5.32 Å².